The van der Waals surface area contributed by atoms with Crippen molar-refractivity contribution in [1.82, 2.24) is 5.32 Å². The maximum atomic E-state index is 5.00. The minimum atomic E-state index is 0.826. The molecular weight excluding hydrogens is 174 g/mol. The van der Waals surface area contributed by atoms with Crippen LogP contribution in [-0.4, -0.2) is 26.8 Å². The van der Waals surface area contributed by atoms with Gasteiger partial charge in [0.05, 0.1) is 6.61 Å². The Morgan fingerprint density at radius 1 is 1.14 bits per heavy atom. The fourth-order valence-electron chi connectivity index (χ4n) is 1.73. The van der Waals surface area contributed by atoms with E-state index in [-0.39, 0.29) is 0 Å². The van der Waals surface area contributed by atoms with E-state index in [1.54, 1.807) is 7.11 Å². The number of nitrogens with one attached hydrogen (secondary N) is 1. The van der Waals surface area contributed by atoms with E-state index in [0.717, 1.165) is 25.6 Å². The second-order valence-corrected chi connectivity index (χ2v) is 3.99. The van der Waals surface area contributed by atoms with Crippen molar-refractivity contribution in [3.05, 3.63) is 0 Å². The second-order valence-electron chi connectivity index (χ2n) is 3.99. The molecule has 14 heavy (non-hydrogen) atoms. The van der Waals surface area contributed by atoms with Crippen molar-refractivity contribution < 1.29 is 4.74 Å². The molecular formula is C12H27NO. The maximum absolute atomic E-state index is 5.00. The molecule has 0 aliphatic carbocycles. The Labute approximate surface area is 89.4 Å². The van der Waals surface area contributed by atoms with Gasteiger partial charge in [-0.15, -0.1) is 0 Å². The first kappa shape index (κ1) is 13.9. The van der Waals surface area contributed by atoms with Gasteiger partial charge < -0.3 is 10.1 Å². The summed E-state index contributed by atoms with van der Waals surface area (Å²) in [6, 6.07) is 0. The summed E-state index contributed by atoms with van der Waals surface area (Å²) in [5, 5.41) is 3.46. The third kappa shape index (κ3) is 8.52. The van der Waals surface area contributed by atoms with Gasteiger partial charge >= 0.3 is 0 Å². The summed E-state index contributed by atoms with van der Waals surface area (Å²) in [4.78, 5) is 0. The smallest absolute Gasteiger partial charge is 0.0587 e. The molecule has 0 radical (unpaired) electrons. The molecule has 1 atom stereocenters. The number of rotatable bonds is 10. The first-order valence-electron chi connectivity index (χ1n) is 6.04. The summed E-state index contributed by atoms with van der Waals surface area (Å²) in [5.41, 5.74) is 0. The van der Waals surface area contributed by atoms with E-state index in [9.17, 15) is 0 Å². The van der Waals surface area contributed by atoms with Gasteiger partial charge in [0.2, 0.25) is 0 Å². The van der Waals surface area contributed by atoms with Gasteiger partial charge in [-0.25, -0.2) is 0 Å². The lowest BCUT2D eigenvalue weighted by Gasteiger charge is -2.16. The van der Waals surface area contributed by atoms with Crippen molar-refractivity contribution in [1.29, 1.82) is 0 Å². The fraction of sp³-hybridized carbons (Fsp3) is 1.00. The highest BCUT2D eigenvalue weighted by atomic mass is 16.5. The maximum Gasteiger partial charge on any atom is 0.0587 e. The zero-order valence-electron chi connectivity index (χ0n) is 10.1. The number of unbranched alkanes of at least 4 members (excludes halogenated alkanes) is 1. The van der Waals surface area contributed by atoms with Crippen molar-refractivity contribution in [3.8, 4) is 0 Å². The van der Waals surface area contributed by atoms with Gasteiger partial charge in [0, 0.05) is 13.7 Å². The van der Waals surface area contributed by atoms with Crippen molar-refractivity contribution >= 4 is 0 Å². The second kappa shape index (κ2) is 11.0. The van der Waals surface area contributed by atoms with Gasteiger partial charge in [0.1, 0.15) is 0 Å². The molecule has 1 N–H and O–H groups in total. The first-order valence-corrected chi connectivity index (χ1v) is 6.04. The SMILES string of the molecule is CCCCC(CCC)CNCCOC. The van der Waals surface area contributed by atoms with E-state index in [1.165, 1.54) is 32.1 Å². The largest absolute Gasteiger partial charge is 0.383 e. The Morgan fingerprint density at radius 2 is 1.93 bits per heavy atom. The Hall–Kier alpha value is -0.0800. The van der Waals surface area contributed by atoms with Crippen LogP contribution >= 0.6 is 0 Å². The summed E-state index contributed by atoms with van der Waals surface area (Å²) in [6.45, 7) is 7.52. The van der Waals surface area contributed by atoms with E-state index < -0.39 is 0 Å². The Balaban J connectivity index is 3.40. The van der Waals surface area contributed by atoms with Crippen LogP contribution in [0.5, 0.6) is 0 Å². The van der Waals surface area contributed by atoms with Crippen molar-refractivity contribution in [3.63, 3.8) is 0 Å². The predicted octanol–water partition coefficient (Wildman–Crippen LogP) is 2.83. The predicted molar refractivity (Wildman–Crippen MR) is 62.7 cm³/mol. The highest BCUT2D eigenvalue weighted by Gasteiger charge is 2.05. The van der Waals surface area contributed by atoms with Gasteiger partial charge in [-0.3, -0.25) is 0 Å². The van der Waals surface area contributed by atoms with Crippen LogP contribution in [0.15, 0.2) is 0 Å². The minimum absolute atomic E-state index is 0.826. The molecule has 1 unspecified atom stereocenters. The van der Waals surface area contributed by atoms with Crippen molar-refractivity contribution in [2.75, 3.05) is 26.8 Å². The average Bonchev–Trinajstić information content (AvgIpc) is 2.20. The molecule has 0 saturated heterocycles. The summed E-state index contributed by atoms with van der Waals surface area (Å²) >= 11 is 0. The van der Waals surface area contributed by atoms with Crippen LogP contribution in [0.3, 0.4) is 0 Å². The highest BCUT2D eigenvalue weighted by Crippen LogP contribution is 2.13. The zero-order valence-corrected chi connectivity index (χ0v) is 10.1. The van der Waals surface area contributed by atoms with Crippen LogP contribution in [0.25, 0.3) is 0 Å². The lowest BCUT2D eigenvalue weighted by atomic mass is 9.97. The quantitative estimate of drug-likeness (QED) is 0.549. The summed E-state index contributed by atoms with van der Waals surface area (Å²) < 4.78 is 5.00. The molecule has 0 aromatic carbocycles. The molecule has 0 spiro atoms. The fourth-order valence-corrected chi connectivity index (χ4v) is 1.73. The third-order valence-electron chi connectivity index (χ3n) is 2.58. The first-order chi connectivity index (χ1) is 6.85. The Bertz CT molecular complexity index is 106. The molecule has 0 saturated carbocycles. The highest BCUT2D eigenvalue weighted by molar-refractivity contribution is 4.62. The number of methoxy groups -OCH3 is 1. The van der Waals surface area contributed by atoms with E-state index in [4.69, 9.17) is 4.74 Å². The normalized spacial score (nSPS) is 13.1. The van der Waals surface area contributed by atoms with E-state index in [2.05, 4.69) is 19.2 Å². The lowest BCUT2D eigenvalue weighted by Crippen LogP contribution is -2.26. The number of hydrogen-bond acceptors (Lipinski definition) is 2. The molecule has 0 aromatic rings. The molecule has 0 aromatic heterocycles. The van der Waals surface area contributed by atoms with Crippen LogP contribution in [0.4, 0.5) is 0 Å². The van der Waals surface area contributed by atoms with E-state index >= 15 is 0 Å². The summed E-state index contributed by atoms with van der Waals surface area (Å²) in [6.07, 6.45) is 6.74. The topological polar surface area (TPSA) is 21.3 Å². The molecule has 0 fully saturated rings. The molecule has 2 heteroatoms. The van der Waals surface area contributed by atoms with Crippen molar-refractivity contribution in [2.24, 2.45) is 5.92 Å². The molecule has 0 heterocycles. The minimum Gasteiger partial charge on any atom is -0.383 e. The van der Waals surface area contributed by atoms with E-state index in [1.807, 2.05) is 0 Å². The Kier molecular flexibility index (Phi) is 10.9. The molecule has 0 aliphatic heterocycles. The molecule has 0 bridgehead atoms. The number of ether oxygens (including phenoxy) is 1. The molecule has 0 aliphatic rings. The Morgan fingerprint density at radius 3 is 2.50 bits per heavy atom. The van der Waals surface area contributed by atoms with Crippen molar-refractivity contribution in [2.45, 2.75) is 46.0 Å². The van der Waals surface area contributed by atoms with Crippen LogP contribution < -0.4 is 5.32 Å². The van der Waals surface area contributed by atoms with Crippen LogP contribution in [0.2, 0.25) is 0 Å². The van der Waals surface area contributed by atoms with Crippen LogP contribution in [-0.2, 0) is 4.74 Å². The summed E-state index contributed by atoms with van der Waals surface area (Å²) in [7, 11) is 1.75. The van der Waals surface area contributed by atoms with E-state index in [0.29, 0.717) is 0 Å². The van der Waals surface area contributed by atoms with Gasteiger partial charge in [-0.2, -0.15) is 0 Å². The van der Waals surface area contributed by atoms with Crippen LogP contribution in [0.1, 0.15) is 46.0 Å². The van der Waals surface area contributed by atoms with Gasteiger partial charge in [-0.1, -0.05) is 33.1 Å². The molecule has 0 amide bonds. The molecule has 86 valence electrons. The van der Waals surface area contributed by atoms with Gasteiger partial charge in [0.25, 0.3) is 0 Å². The third-order valence-corrected chi connectivity index (χ3v) is 2.58. The molecule has 0 rings (SSSR count). The number of hydrogen-bond donors (Lipinski definition) is 1. The van der Waals surface area contributed by atoms with Gasteiger partial charge in [-0.05, 0) is 25.3 Å². The average molecular weight is 201 g/mol. The standard InChI is InChI=1S/C12H27NO/c1-4-6-8-12(7-5-2)11-13-9-10-14-3/h12-13H,4-11H2,1-3H3. The zero-order chi connectivity index (χ0) is 10.6. The van der Waals surface area contributed by atoms with Gasteiger partial charge in [0.15, 0.2) is 0 Å². The molecule has 2 nitrogen and oxygen atoms in total. The van der Waals surface area contributed by atoms with Crippen LogP contribution in [0, 0.1) is 5.92 Å². The monoisotopic (exact) mass is 201 g/mol. The lowest BCUT2D eigenvalue weighted by molar-refractivity contribution is 0.197. The summed E-state index contributed by atoms with van der Waals surface area (Å²) in [5.74, 6) is 0.872.